The van der Waals surface area contributed by atoms with Crippen molar-refractivity contribution >= 4 is 29.4 Å². The number of rotatable bonds is 6. The summed E-state index contributed by atoms with van der Waals surface area (Å²) in [6, 6.07) is 5.94. The molecule has 0 aliphatic rings. The molecule has 3 amide bonds. The highest BCUT2D eigenvalue weighted by Gasteiger charge is 2.20. The fraction of sp³-hybridized carbons (Fsp3) is 0.231. The Morgan fingerprint density at radius 1 is 1.24 bits per heavy atom. The van der Waals surface area contributed by atoms with Crippen LogP contribution in [0.25, 0.3) is 0 Å². The molecule has 0 aromatic heterocycles. The number of carboxylic acid groups (broad SMARTS) is 1. The molecule has 0 atom stereocenters. The molecule has 8 heteroatoms. The quantitative estimate of drug-likeness (QED) is 0.660. The summed E-state index contributed by atoms with van der Waals surface area (Å²) >= 11 is 0. The van der Waals surface area contributed by atoms with Gasteiger partial charge < -0.3 is 21.1 Å². The summed E-state index contributed by atoms with van der Waals surface area (Å²) in [7, 11) is 0. The third kappa shape index (κ3) is 5.31. The van der Waals surface area contributed by atoms with Crippen LogP contribution in [-0.2, 0) is 14.4 Å². The lowest BCUT2D eigenvalue weighted by atomic mass is 10.1. The lowest BCUT2D eigenvalue weighted by Gasteiger charge is -2.19. The summed E-state index contributed by atoms with van der Waals surface area (Å²) in [4.78, 5) is 45.6. The van der Waals surface area contributed by atoms with Gasteiger partial charge in [0.1, 0.15) is 13.1 Å². The van der Waals surface area contributed by atoms with Crippen molar-refractivity contribution in [1.29, 1.82) is 0 Å². The minimum atomic E-state index is -1.26. The molecule has 8 nitrogen and oxygen atoms in total. The Morgan fingerprint density at radius 3 is 2.43 bits per heavy atom. The topological polar surface area (TPSA) is 130 Å². The molecule has 0 fully saturated rings. The highest BCUT2D eigenvalue weighted by Crippen LogP contribution is 2.13. The molecule has 112 valence electrons. The molecule has 0 aliphatic heterocycles. The van der Waals surface area contributed by atoms with Gasteiger partial charge in [0.25, 0.3) is 5.91 Å². The summed E-state index contributed by atoms with van der Waals surface area (Å²) in [6.45, 7) is 0.167. The van der Waals surface area contributed by atoms with Crippen LogP contribution in [0.5, 0.6) is 0 Å². The number of amides is 3. The van der Waals surface area contributed by atoms with Gasteiger partial charge in [-0.25, -0.2) is 0 Å². The molecule has 0 aliphatic carbocycles. The number of hydrogen-bond donors (Lipinski definition) is 3. The molecule has 0 bridgehead atoms. The van der Waals surface area contributed by atoms with Crippen LogP contribution in [-0.4, -0.2) is 46.8 Å². The highest BCUT2D eigenvalue weighted by molar-refractivity contribution is 5.99. The Labute approximate surface area is 120 Å². The van der Waals surface area contributed by atoms with E-state index in [9.17, 15) is 19.2 Å². The van der Waals surface area contributed by atoms with Crippen molar-refractivity contribution < 1.29 is 24.3 Å². The second-order valence-electron chi connectivity index (χ2n) is 4.28. The molecule has 0 spiro atoms. The van der Waals surface area contributed by atoms with Gasteiger partial charge in [-0.1, -0.05) is 6.07 Å². The summed E-state index contributed by atoms with van der Waals surface area (Å²) in [6.07, 6.45) is 0. The Bertz CT molecular complexity index is 569. The average molecular weight is 293 g/mol. The van der Waals surface area contributed by atoms with Gasteiger partial charge in [0.05, 0.1) is 0 Å². The first-order chi connectivity index (χ1) is 9.79. The van der Waals surface area contributed by atoms with Crippen molar-refractivity contribution in [1.82, 2.24) is 4.90 Å². The van der Waals surface area contributed by atoms with Crippen molar-refractivity contribution in [3.8, 4) is 0 Å². The number of carbonyl (C=O) groups is 4. The fourth-order valence-electron chi connectivity index (χ4n) is 1.67. The lowest BCUT2D eigenvalue weighted by molar-refractivity contribution is -0.138. The van der Waals surface area contributed by atoms with E-state index in [-0.39, 0.29) is 11.5 Å². The highest BCUT2D eigenvalue weighted by atomic mass is 16.4. The Hall–Kier alpha value is -2.90. The van der Waals surface area contributed by atoms with E-state index in [0.29, 0.717) is 5.69 Å². The number of nitrogens with one attached hydrogen (secondary N) is 1. The van der Waals surface area contributed by atoms with Gasteiger partial charge in [-0.3, -0.25) is 19.2 Å². The predicted molar refractivity (Wildman–Crippen MR) is 73.5 cm³/mol. The zero-order chi connectivity index (χ0) is 16.0. The molecule has 1 aromatic carbocycles. The van der Waals surface area contributed by atoms with Gasteiger partial charge in [-0.05, 0) is 18.2 Å². The SMILES string of the molecule is CC(=O)Nc1cccc(C(=O)N(CC(N)=O)CC(=O)O)c1. The standard InChI is InChI=1S/C13H15N3O5/c1-8(17)15-10-4-2-3-9(5-10)13(21)16(6-11(14)18)7-12(19)20/h2-5H,6-7H2,1H3,(H2,14,18)(H,15,17)(H,19,20). The van der Waals surface area contributed by atoms with Gasteiger partial charge in [0.15, 0.2) is 0 Å². The van der Waals surface area contributed by atoms with Crippen LogP contribution < -0.4 is 11.1 Å². The summed E-state index contributed by atoms with van der Waals surface area (Å²) < 4.78 is 0. The van der Waals surface area contributed by atoms with Gasteiger partial charge in [0, 0.05) is 18.2 Å². The van der Waals surface area contributed by atoms with Gasteiger partial charge in [-0.15, -0.1) is 0 Å². The number of benzene rings is 1. The molecule has 4 N–H and O–H groups in total. The van der Waals surface area contributed by atoms with E-state index in [0.717, 1.165) is 4.90 Å². The van der Waals surface area contributed by atoms with Crippen LogP contribution in [0.3, 0.4) is 0 Å². The maximum atomic E-state index is 12.2. The van der Waals surface area contributed by atoms with Crippen LogP contribution >= 0.6 is 0 Å². The van der Waals surface area contributed by atoms with Crippen molar-refractivity contribution in [2.45, 2.75) is 6.92 Å². The van der Waals surface area contributed by atoms with E-state index in [2.05, 4.69) is 5.32 Å². The Morgan fingerprint density at radius 2 is 1.90 bits per heavy atom. The molecule has 21 heavy (non-hydrogen) atoms. The maximum absolute atomic E-state index is 12.2. The third-order valence-corrected chi connectivity index (χ3v) is 2.39. The average Bonchev–Trinajstić information content (AvgIpc) is 2.35. The zero-order valence-electron chi connectivity index (χ0n) is 11.3. The van der Waals surface area contributed by atoms with E-state index in [1.807, 2.05) is 0 Å². The predicted octanol–water partition coefficient (Wildman–Crippen LogP) is -0.343. The summed E-state index contributed by atoms with van der Waals surface area (Å²) in [5.74, 6) is -3.05. The molecular weight excluding hydrogens is 278 g/mol. The normalized spacial score (nSPS) is 9.76. The second-order valence-corrected chi connectivity index (χ2v) is 4.28. The first-order valence-corrected chi connectivity index (χ1v) is 5.96. The molecule has 0 radical (unpaired) electrons. The number of primary amides is 1. The summed E-state index contributed by atoms with van der Waals surface area (Å²) in [5.41, 5.74) is 5.53. The number of carbonyl (C=O) groups excluding carboxylic acids is 3. The first-order valence-electron chi connectivity index (χ1n) is 5.96. The molecule has 0 saturated heterocycles. The van der Waals surface area contributed by atoms with Crippen LogP contribution in [0.1, 0.15) is 17.3 Å². The van der Waals surface area contributed by atoms with E-state index in [1.165, 1.54) is 25.1 Å². The first kappa shape index (κ1) is 16.2. The minimum absolute atomic E-state index is 0.142. The number of nitrogens with two attached hydrogens (primary N) is 1. The molecule has 0 saturated carbocycles. The molecule has 1 rings (SSSR count). The number of hydrogen-bond acceptors (Lipinski definition) is 4. The number of anilines is 1. The Balaban J connectivity index is 2.99. The molecule has 0 unspecified atom stereocenters. The largest absolute Gasteiger partial charge is 0.480 e. The van der Waals surface area contributed by atoms with Crippen LogP contribution in [0.15, 0.2) is 24.3 Å². The van der Waals surface area contributed by atoms with Crippen LogP contribution in [0.2, 0.25) is 0 Å². The third-order valence-electron chi connectivity index (χ3n) is 2.39. The van der Waals surface area contributed by atoms with E-state index in [4.69, 9.17) is 10.8 Å². The summed E-state index contributed by atoms with van der Waals surface area (Å²) in [5, 5.41) is 11.3. The number of carboxylic acids is 1. The number of aliphatic carboxylic acids is 1. The van der Waals surface area contributed by atoms with E-state index < -0.39 is 30.9 Å². The minimum Gasteiger partial charge on any atom is -0.480 e. The van der Waals surface area contributed by atoms with Gasteiger partial charge in [-0.2, -0.15) is 0 Å². The van der Waals surface area contributed by atoms with E-state index in [1.54, 1.807) is 6.07 Å². The molecular formula is C13H15N3O5. The zero-order valence-corrected chi connectivity index (χ0v) is 11.3. The van der Waals surface area contributed by atoms with E-state index >= 15 is 0 Å². The van der Waals surface area contributed by atoms with Crippen molar-refractivity contribution in [2.24, 2.45) is 5.73 Å². The van der Waals surface area contributed by atoms with Gasteiger partial charge >= 0.3 is 5.97 Å². The van der Waals surface area contributed by atoms with Crippen LogP contribution in [0, 0.1) is 0 Å². The smallest absolute Gasteiger partial charge is 0.323 e. The molecule has 0 heterocycles. The van der Waals surface area contributed by atoms with Crippen LogP contribution in [0.4, 0.5) is 5.69 Å². The number of nitrogens with zero attached hydrogens (tertiary/aromatic N) is 1. The van der Waals surface area contributed by atoms with Crippen molar-refractivity contribution in [3.63, 3.8) is 0 Å². The Kier molecular flexibility index (Phi) is 5.41. The van der Waals surface area contributed by atoms with Crippen molar-refractivity contribution in [2.75, 3.05) is 18.4 Å². The maximum Gasteiger partial charge on any atom is 0.323 e. The monoisotopic (exact) mass is 293 g/mol. The fourth-order valence-corrected chi connectivity index (χ4v) is 1.67. The van der Waals surface area contributed by atoms with Gasteiger partial charge in [0.2, 0.25) is 11.8 Å². The molecule has 1 aromatic rings. The van der Waals surface area contributed by atoms with Crippen molar-refractivity contribution in [3.05, 3.63) is 29.8 Å². The lowest BCUT2D eigenvalue weighted by Crippen LogP contribution is -2.41. The second kappa shape index (κ2) is 7.04.